The van der Waals surface area contributed by atoms with E-state index in [4.69, 9.17) is 10.2 Å². The van der Waals surface area contributed by atoms with Crippen LogP contribution in [-0.4, -0.2) is 53.8 Å². The molecule has 1 aliphatic rings. The summed E-state index contributed by atoms with van der Waals surface area (Å²) in [5, 5.41) is 17.3. The van der Waals surface area contributed by atoms with Crippen LogP contribution in [0.1, 0.15) is 79.8 Å². The largest absolute Gasteiger partial charge is 0.426 e. The highest BCUT2D eigenvalue weighted by molar-refractivity contribution is 5.95. The second-order valence-electron chi connectivity index (χ2n) is 10.8. The number of carbonyl (C=O) groups is 1. The molecular weight excluding hydrogens is 560 g/mol. The molecule has 4 rings (SSSR count). The topological polar surface area (TPSA) is 144 Å². The number of amides is 1. The van der Waals surface area contributed by atoms with Gasteiger partial charge in [-0.1, -0.05) is 27.2 Å². The van der Waals surface area contributed by atoms with Gasteiger partial charge in [-0.05, 0) is 25.3 Å². The van der Waals surface area contributed by atoms with E-state index in [1.54, 1.807) is 0 Å². The maximum absolute atomic E-state index is 14.0. The lowest BCUT2D eigenvalue weighted by atomic mass is 9.95. The summed E-state index contributed by atoms with van der Waals surface area (Å²) in [6.45, 7) is 5.33. The number of hydrogen-bond donors (Lipinski definition) is 2. The number of nitrogens with zero attached hydrogens (tertiary/aromatic N) is 6. The van der Waals surface area contributed by atoms with Crippen LogP contribution in [-0.2, 0) is 23.7 Å². The molecule has 0 aliphatic carbocycles. The van der Waals surface area contributed by atoms with Crippen molar-refractivity contribution in [2.45, 2.75) is 76.4 Å². The fourth-order valence-corrected chi connectivity index (χ4v) is 4.24. The van der Waals surface area contributed by atoms with Crippen LogP contribution >= 0.6 is 0 Å². The van der Waals surface area contributed by atoms with Gasteiger partial charge in [0.1, 0.15) is 11.5 Å². The third-order valence-electron chi connectivity index (χ3n) is 6.51. The second-order valence-corrected chi connectivity index (χ2v) is 10.8. The number of hydrogen-bond acceptors (Lipinski definition) is 9. The zero-order valence-corrected chi connectivity index (χ0v) is 22.3. The van der Waals surface area contributed by atoms with Crippen molar-refractivity contribution < 1.29 is 40.7 Å². The van der Waals surface area contributed by atoms with E-state index in [0.717, 1.165) is 4.90 Å². The van der Waals surface area contributed by atoms with Gasteiger partial charge in [-0.25, -0.2) is 15.0 Å². The van der Waals surface area contributed by atoms with Crippen molar-refractivity contribution in [3.8, 4) is 11.6 Å². The first kappa shape index (κ1) is 30.1. The minimum absolute atomic E-state index is 0.0785. The summed E-state index contributed by atoms with van der Waals surface area (Å²) in [5.41, 5.74) is -1.56. The Morgan fingerprint density at radius 1 is 1.02 bits per heavy atom. The van der Waals surface area contributed by atoms with Gasteiger partial charge in [-0.2, -0.15) is 26.3 Å². The molecule has 4 bridgehead atoms. The number of alkyl halides is 6. The number of nitrogen functional groups attached to an aromatic ring is 1. The summed E-state index contributed by atoms with van der Waals surface area (Å²) in [6.07, 6.45) is -8.22. The second kappa shape index (κ2) is 10.5. The maximum atomic E-state index is 14.0. The average molecular weight is 588 g/mol. The van der Waals surface area contributed by atoms with Gasteiger partial charge in [0.25, 0.3) is 17.7 Å². The number of aliphatic hydroxyl groups is 1. The molecule has 0 spiro atoms. The number of nitrogens with two attached hydrogens (primary N) is 1. The molecule has 0 fully saturated rings. The zero-order valence-electron chi connectivity index (χ0n) is 22.3. The number of carbonyl (C=O) groups excluding carboxylic acids is 1. The van der Waals surface area contributed by atoms with E-state index in [0.29, 0.717) is 17.5 Å². The normalized spacial score (nSPS) is 19.3. The van der Waals surface area contributed by atoms with Gasteiger partial charge in [-0.3, -0.25) is 4.79 Å². The number of aromatic nitrogens is 5. The summed E-state index contributed by atoms with van der Waals surface area (Å²) in [4.78, 5) is 27.0. The van der Waals surface area contributed by atoms with Crippen molar-refractivity contribution in [3.05, 3.63) is 47.0 Å². The summed E-state index contributed by atoms with van der Waals surface area (Å²) >= 11 is 0. The van der Waals surface area contributed by atoms with Crippen molar-refractivity contribution in [1.82, 2.24) is 30.0 Å². The lowest BCUT2D eigenvalue weighted by Crippen LogP contribution is -2.42. The number of anilines is 1. The van der Waals surface area contributed by atoms with Gasteiger partial charge in [-0.15, -0.1) is 10.2 Å². The first-order valence-corrected chi connectivity index (χ1v) is 12.5. The van der Waals surface area contributed by atoms with E-state index in [1.165, 1.54) is 12.4 Å². The summed E-state index contributed by atoms with van der Waals surface area (Å²) < 4.78 is 88.8. The van der Waals surface area contributed by atoms with Crippen molar-refractivity contribution in [3.63, 3.8) is 0 Å². The van der Waals surface area contributed by atoms with Gasteiger partial charge < -0.3 is 20.2 Å². The van der Waals surface area contributed by atoms with Gasteiger partial charge in [0.05, 0.1) is 11.3 Å². The van der Waals surface area contributed by atoms with E-state index in [9.17, 15) is 36.2 Å². The van der Waals surface area contributed by atoms with Gasteiger partial charge >= 0.3 is 12.4 Å². The average Bonchev–Trinajstić information content (AvgIpc) is 3.35. The van der Waals surface area contributed by atoms with Gasteiger partial charge in [0, 0.05) is 36.5 Å². The van der Waals surface area contributed by atoms with Crippen LogP contribution in [0.3, 0.4) is 0 Å². The first-order chi connectivity index (χ1) is 18.9. The Morgan fingerprint density at radius 3 is 2.27 bits per heavy atom. The maximum Gasteiger partial charge on any atom is 0.426 e. The summed E-state index contributed by atoms with van der Waals surface area (Å²) in [7, 11) is 0. The monoisotopic (exact) mass is 587 g/mol. The molecule has 3 aromatic rings. The Labute approximate surface area is 230 Å². The number of pyridine rings is 1. The molecular formula is C25H27F6N7O3. The molecule has 10 nitrogen and oxygen atoms in total. The molecule has 0 saturated heterocycles. The molecule has 3 N–H and O–H groups in total. The molecule has 222 valence electrons. The van der Waals surface area contributed by atoms with Crippen LogP contribution in [0.4, 0.5) is 32.0 Å². The zero-order chi connectivity index (χ0) is 30.4. The Morgan fingerprint density at radius 2 is 1.68 bits per heavy atom. The Hall–Kier alpha value is -3.82. The van der Waals surface area contributed by atoms with Crippen molar-refractivity contribution >= 4 is 11.6 Å². The molecule has 41 heavy (non-hydrogen) atoms. The number of halogens is 6. The highest BCUT2D eigenvalue weighted by Crippen LogP contribution is 2.43. The van der Waals surface area contributed by atoms with Gasteiger partial charge in [0.15, 0.2) is 5.69 Å². The Balaban J connectivity index is 1.83. The molecule has 1 amide bonds. The van der Waals surface area contributed by atoms with Crippen molar-refractivity contribution in [2.75, 3.05) is 12.3 Å². The first-order valence-electron chi connectivity index (χ1n) is 12.5. The van der Waals surface area contributed by atoms with Gasteiger partial charge in [0.2, 0.25) is 5.60 Å². The van der Waals surface area contributed by atoms with E-state index >= 15 is 0 Å². The van der Waals surface area contributed by atoms with Crippen molar-refractivity contribution in [2.24, 2.45) is 0 Å². The minimum atomic E-state index is -5.21. The van der Waals surface area contributed by atoms with Crippen LogP contribution in [0.15, 0.2) is 22.9 Å². The molecule has 4 heterocycles. The van der Waals surface area contributed by atoms with Crippen LogP contribution in [0, 0.1) is 0 Å². The molecule has 0 radical (unpaired) electrons. The van der Waals surface area contributed by atoms with Crippen LogP contribution < -0.4 is 5.73 Å². The van der Waals surface area contributed by atoms with Crippen LogP contribution in [0.2, 0.25) is 0 Å². The summed E-state index contributed by atoms with van der Waals surface area (Å²) in [6, 6.07) is 0.431. The Kier molecular flexibility index (Phi) is 7.75. The van der Waals surface area contributed by atoms with E-state index in [2.05, 4.69) is 25.1 Å². The molecule has 0 aromatic carbocycles. The lowest BCUT2D eigenvalue weighted by Gasteiger charge is -2.27. The molecule has 1 atom stereocenters. The van der Waals surface area contributed by atoms with E-state index < -0.39 is 64.7 Å². The Bertz CT molecular complexity index is 1420. The smallest absolute Gasteiger partial charge is 0.416 e. The predicted molar refractivity (Wildman–Crippen MR) is 131 cm³/mol. The molecule has 16 heteroatoms. The van der Waals surface area contributed by atoms with Crippen LogP contribution in [0.25, 0.3) is 11.6 Å². The lowest BCUT2D eigenvalue weighted by molar-refractivity contribution is -0.277. The predicted octanol–water partition coefficient (Wildman–Crippen LogP) is 4.79. The standard InChI is InChI=1S/C25H27F6N7O3/c1-22(2,3)20-33-10-13(11-34-20)12-38-8-6-4-5-7-23(40,25(29,30)31)21-37-36-18(41-21)17-15(32)9-14(24(26,27)28)16(35-17)19(38)39/h9-11,40H,4-8,12,32H2,1-3H3/t23-/m1/s1. The van der Waals surface area contributed by atoms with Crippen molar-refractivity contribution in [1.29, 1.82) is 0 Å². The summed E-state index contributed by atoms with van der Waals surface area (Å²) in [5.74, 6) is -2.61. The minimum Gasteiger partial charge on any atom is -0.416 e. The molecule has 1 aliphatic heterocycles. The number of rotatable bonds is 2. The highest BCUT2D eigenvalue weighted by atomic mass is 19.4. The molecule has 0 saturated carbocycles. The van der Waals surface area contributed by atoms with E-state index in [-0.39, 0.29) is 37.8 Å². The molecule has 3 aromatic heterocycles. The fourth-order valence-electron chi connectivity index (χ4n) is 4.24. The van der Waals surface area contributed by atoms with E-state index in [1.807, 2.05) is 20.8 Å². The van der Waals surface area contributed by atoms with Crippen LogP contribution in [0.5, 0.6) is 0 Å². The molecule has 0 unspecified atom stereocenters. The fraction of sp³-hybridized carbons (Fsp3) is 0.520. The highest BCUT2D eigenvalue weighted by Gasteiger charge is 2.58. The SMILES string of the molecule is CC(C)(C)c1ncc(CN2CCCCC[C@](O)(C(F)(F)F)c3nnc(o3)-c3nc(c(C(F)(F)F)cc3N)C2=O)cn1. The number of fused-ring (bicyclic) bond motifs is 5. The quantitative estimate of drug-likeness (QED) is 0.405. The third-order valence-corrected chi connectivity index (χ3v) is 6.51. The third kappa shape index (κ3) is 6.11.